The SMILES string of the molecule is COc1ccnc(C(=O)N[C@H]2CCCC[C@H](CC3CCCC3)[C@@H](OC(=O)C(C)C)[C@H](C)OC2=O)c1O. The fraction of sp³-hybridized carbons (Fsp3) is 0.704. The number of methoxy groups -OCH3 is 1. The Morgan fingerprint density at radius 3 is 2.50 bits per heavy atom. The van der Waals surface area contributed by atoms with Crippen LogP contribution in [0.5, 0.6) is 11.5 Å². The van der Waals surface area contributed by atoms with E-state index < -0.39 is 35.9 Å². The molecule has 0 radical (unpaired) electrons. The first-order chi connectivity index (χ1) is 17.2. The highest BCUT2D eigenvalue weighted by atomic mass is 16.6. The summed E-state index contributed by atoms with van der Waals surface area (Å²) in [6, 6.07) is 0.520. The highest BCUT2D eigenvalue weighted by molar-refractivity contribution is 5.97. The molecule has 0 unspecified atom stereocenters. The lowest BCUT2D eigenvalue weighted by atomic mass is 9.83. The van der Waals surface area contributed by atoms with Crippen molar-refractivity contribution in [1.29, 1.82) is 0 Å². The van der Waals surface area contributed by atoms with Gasteiger partial charge in [0.1, 0.15) is 18.2 Å². The smallest absolute Gasteiger partial charge is 0.329 e. The highest BCUT2D eigenvalue weighted by Gasteiger charge is 2.37. The maximum atomic E-state index is 13.1. The molecule has 1 saturated heterocycles. The molecule has 2 N–H and O–H groups in total. The lowest BCUT2D eigenvalue weighted by Crippen LogP contribution is -2.47. The minimum absolute atomic E-state index is 0.111. The molecule has 0 spiro atoms. The molecule has 1 aliphatic heterocycles. The van der Waals surface area contributed by atoms with Crippen LogP contribution in [-0.2, 0) is 19.1 Å². The molecule has 9 nitrogen and oxygen atoms in total. The van der Waals surface area contributed by atoms with E-state index in [9.17, 15) is 19.5 Å². The number of aromatic nitrogens is 1. The second-order valence-electron chi connectivity index (χ2n) is 10.4. The monoisotopic (exact) mass is 504 g/mol. The minimum Gasteiger partial charge on any atom is -0.503 e. The molecule has 4 atom stereocenters. The maximum Gasteiger partial charge on any atom is 0.329 e. The van der Waals surface area contributed by atoms with Gasteiger partial charge in [0.2, 0.25) is 0 Å². The molecule has 1 aromatic heterocycles. The summed E-state index contributed by atoms with van der Waals surface area (Å²) in [5.41, 5.74) is -0.229. The van der Waals surface area contributed by atoms with Crippen LogP contribution in [-0.4, -0.2) is 53.3 Å². The van der Waals surface area contributed by atoms with Crippen molar-refractivity contribution in [3.05, 3.63) is 18.0 Å². The number of aromatic hydroxyl groups is 1. The fourth-order valence-electron chi connectivity index (χ4n) is 5.27. The third kappa shape index (κ3) is 7.11. The minimum atomic E-state index is -0.916. The highest BCUT2D eigenvalue weighted by Crippen LogP contribution is 2.36. The topological polar surface area (TPSA) is 124 Å². The molecule has 3 rings (SSSR count). The van der Waals surface area contributed by atoms with Crippen molar-refractivity contribution in [3.63, 3.8) is 0 Å². The number of carbonyl (C=O) groups excluding carboxylic acids is 3. The molecule has 1 saturated carbocycles. The number of ether oxygens (including phenoxy) is 3. The quantitative estimate of drug-likeness (QED) is 0.531. The lowest BCUT2D eigenvalue weighted by Gasteiger charge is -2.35. The van der Waals surface area contributed by atoms with Gasteiger partial charge in [-0.15, -0.1) is 0 Å². The van der Waals surface area contributed by atoms with Crippen LogP contribution >= 0.6 is 0 Å². The third-order valence-corrected chi connectivity index (χ3v) is 7.29. The summed E-state index contributed by atoms with van der Waals surface area (Å²) < 4.78 is 16.8. The number of nitrogens with one attached hydrogen (secondary N) is 1. The summed E-state index contributed by atoms with van der Waals surface area (Å²) in [5.74, 6) is -1.44. The van der Waals surface area contributed by atoms with E-state index in [1.165, 1.54) is 45.1 Å². The van der Waals surface area contributed by atoms with Gasteiger partial charge >= 0.3 is 11.9 Å². The Morgan fingerprint density at radius 1 is 1.17 bits per heavy atom. The maximum absolute atomic E-state index is 13.1. The summed E-state index contributed by atoms with van der Waals surface area (Å²) in [5, 5.41) is 12.9. The predicted molar refractivity (Wildman–Crippen MR) is 133 cm³/mol. The van der Waals surface area contributed by atoms with Gasteiger partial charge in [-0.3, -0.25) is 9.59 Å². The Kier molecular flexibility index (Phi) is 9.96. The van der Waals surface area contributed by atoms with Crippen molar-refractivity contribution in [3.8, 4) is 11.5 Å². The van der Waals surface area contributed by atoms with E-state index >= 15 is 0 Å². The van der Waals surface area contributed by atoms with E-state index in [1.54, 1.807) is 20.8 Å². The van der Waals surface area contributed by atoms with E-state index in [0.717, 1.165) is 19.3 Å². The standard InChI is InChI=1S/C27H40N2O7/c1-16(2)26(32)36-24-17(3)35-27(33)20(12-8-7-11-19(24)15-18-9-5-6-10-18)29-25(31)22-23(30)21(34-4)13-14-28-22/h13-14,16-20,24,30H,5-12,15H2,1-4H3,(H,29,31)/t17-,19+,20-,24-/m0/s1. The first-order valence-corrected chi connectivity index (χ1v) is 13.1. The van der Waals surface area contributed by atoms with Crippen molar-refractivity contribution < 1.29 is 33.7 Å². The molecule has 2 heterocycles. The third-order valence-electron chi connectivity index (χ3n) is 7.29. The second-order valence-corrected chi connectivity index (χ2v) is 10.4. The van der Waals surface area contributed by atoms with Crippen LogP contribution in [0.15, 0.2) is 12.3 Å². The zero-order chi connectivity index (χ0) is 26.2. The summed E-state index contributed by atoms with van der Waals surface area (Å²) in [6.45, 7) is 5.34. The van der Waals surface area contributed by atoms with Gasteiger partial charge in [0.25, 0.3) is 5.91 Å². The van der Waals surface area contributed by atoms with Crippen molar-refractivity contribution >= 4 is 17.8 Å². The average molecular weight is 505 g/mol. The Morgan fingerprint density at radius 2 is 1.83 bits per heavy atom. The summed E-state index contributed by atoms with van der Waals surface area (Å²) in [6.07, 6.45) is 8.73. The average Bonchev–Trinajstić information content (AvgIpc) is 3.36. The summed E-state index contributed by atoms with van der Waals surface area (Å²) in [7, 11) is 1.37. The van der Waals surface area contributed by atoms with Crippen LogP contribution in [0, 0.1) is 17.8 Å². The van der Waals surface area contributed by atoms with Crippen LogP contribution in [0.25, 0.3) is 0 Å². The molecule has 1 amide bonds. The first-order valence-electron chi connectivity index (χ1n) is 13.1. The van der Waals surface area contributed by atoms with E-state index in [2.05, 4.69) is 10.3 Å². The molecular weight excluding hydrogens is 464 g/mol. The molecule has 2 fully saturated rings. The number of rotatable bonds is 7. The number of esters is 2. The molecule has 0 bridgehead atoms. The van der Waals surface area contributed by atoms with Gasteiger partial charge < -0.3 is 24.6 Å². The van der Waals surface area contributed by atoms with E-state index in [0.29, 0.717) is 18.8 Å². The van der Waals surface area contributed by atoms with Crippen molar-refractivity contribution in [2.45, 2.75) is 96.8 Å². The van der Waals surface area contributed by atoms with Crippen LogP contribution < -0.4 is 10.1 Å². The van der Waals surface area contributed by atoms with Gasteiger partial charge in [-0.2, -0.15) is 0 Å². The fourth-order valence-corrected chi connectivity index (χ4v) is 5.27. The van der Waals surface area contributed by atoms with Gasteiger partial charge in [-0.1, -0.05) is 52.4 Å². The number of amides is 1. The van der Waals surface area contributed by atoms with E-state index in [-0.39, 0.29) is 29.2 Å². The normalized spacial score (nSPS) is 25.8. The molecular formula is C27H40N2O7. The van der Waals surface area contributed by atoms with Crippen LogP contribution in [0.1, 0.15) is 89.0 Å². The van der Waals surface area contributed by atoms with Gasteiger partial charge in [0, 0.05) is 12.3 Å². The van der Waals surface area contributed by atoms with Gasteiger partial charge in [0.05, 0.1) is 13.0 Å². The number of hydrogen-bond acceptors (Lipinski definition) is 8. The summed E-state index contributed by atoms with van der Waals surface area (Å²) in [4.78, 5) is 42.5. The Hall–Kier alpha value is -2.84. The Bertz CT molecular complexity index is 913. The Labute approximate surface area is 213 Å². The van der Waals surface area contributed by atoms with Crippen molar-refractivity contribution in [2.75, 3.05) is 7.11 Å². The first kappa shape index (κ1) is 27.7. The van der Waals surface area contributed by atoms with Crippen molar-refractivity contribution in [2.24, 2.45) is 17.8 Å². The number of cyclic esters (lactones) is 1. The number of nitrogens with zero attached hydrogens (tertiary/aromatic N) is 1. The second kappa shape index (κ2) is 12.9. The predicted octanol–water partition coefficient (Wildman–Crippen LogP) is 4.16. The van der Waals surface area contributed by atoms with Crippen molar-refractivity contribution in [1.82, 2.24) is 10.3 Å². The Balaban J connectivity index is 1.76. The lowest BCUT2D eigenvalue weighted by molar-refractivity contribution is -0.176. The zero-order valence-corrected chi connectivity index (χ0v) is 21.8. The molecule has 36 heavy (non-hydrogen) atoms. The molecule has 1 aliphatic carbocycles. The zero-order valence-electron chi connectivity index (χ0n) is 21.8. The van der Waals surface area contributed by atoms with Crippen LogP contribution in [0.2, 0.25) is 0 Å². The van der Waals surface area contributed by atoms with Gasteiger partial charge in [-0.05, 0) is 38.0 Å². The van der Waals surface area contributed by atoms with E-state index in [4.69, 9.17) is 14.2 Å². The van der Waals surface area contributed by atoms with Crippen LogP contribution in [0.4, 0.5) is 0 Å². The molecule has 2 aliphatic rings. The van der Waals surface area contributed by atoms with E-state index in [1.807, 2.05) is 0 Å². The van der Waals surface area contributed by atoms with Gasteiger partial charge in [0.15, 0.2) is 17.2 Å². The number of carbonyl (C=O) groups is 3. The number of hydrogen-bond donors (Lipinski definition) is 2. The largest absolute Gasteiger partial charge is 0.503 e. The number of pyridine rings is 1. The molecule has 200 valence electrons. The molecule has 1 aromatic rings. The summed E-state index contributed by atoms with van der Waals surface area (Å²) >= 11 is 0. The molecule has 0 aromatic carbocycles. The van der Waals surface area contributed by atoms with Gasteiger partial charge in [-0.25, -0.2) is 9.78 Å². The van der Waals surface area contributed by atoms with Crippen LogP contribution in [0.3, 0.4) is 0 Å². The molecule has 9 heteroatoms.